The van der Waals surface area contributed by atoms with Crippen LogP contribution in [0.1, 0.15) is 175 Å². The maximum atomic E-state index is 10.9. The molecule has 0 N–H and O–H groups in total. The van der Waals surface area contributed by atoms with Crippen molar-refractivity contribution in [1.29, 1.82) is 0 Å². The van der Waals surface area contributed by atoms with E-state index in [4.69, 9.17) is 21.1 Å². The van der Waals surface area contributed by atoms with Crippen molar-refractivity contribution >= 4 is 46.5 Å². The quantitative estimate of drug-likeness (QED) is 0.0347. The fourth-order valence-corrected chi connectivity index (χ4v) is 4.71. The smallest absolute Gasteiger partial charge is 0.434 e. The highest BCUT2D eigenvalue weighted by Crippen LogP contribution is 2.13. The summed E-state index contributed by atoms with van der Waals surface area (Å²) in [5.41, 5.74) is 0. The third-order valence-corrected chi connectivity index (χ3v) is 7.20. The van der Waals surface area contributed by atoms with Crippen LogP contribution in [0.3, 0.4) is 0 Å². The molecule has 0 atom stereocenters. The van der Waals surface area contributed by atoms with E-state index in [1.165, 1.54) is 128 Å². The second-order valence-corrected chi connectivity index (χ2v) is 11.3. The summed E-state index contributed by atoms with van der Waals surface area (Å²) in [6.07, 6.45) is 30.1. The molecule has 0 fully saturated rings. The van der Waals surface area contributed by atoms with Gasteiger partial charge in [-0.1, -0.05) is 174 Å². The lowest BCUT2D eigenvalue weighted by Crippen LogP contribution is -2.07. The minimum atomic E-state index is -0.664. The molecule has 6 nitrogen and oxygen atoms in total. The first-order valence-corrected chi connectivity index (χ1v) is 18.4. The van der Waals surface area contributed by atoms with Crippen molar-refractivity contribution in [2.75, 3.05) is 23.9 Å². The van der Waals surface area contributed by atoms with Crippen molar-refractivity contribution in [2.24, 2.45) is 0 Å². The number of halogens is 2. The van der Waals surface area contributed by atoms with Crippen LogP contribution >= 0.6 is 34.2 Å². The van der Waals surface area contributed by atoms with Crippen LogP contribution in [0.25, 0.3) is 0 Å². The number of carbonyl (C=O) groups is 2. The predicted octanol–water partition coefficient (Wildman–Crippen LogP) is 12.9. The molecule has 0 aromatic carbocycles. The van der Waals surface area contributed by atoms with Gasteiger partial charge < -0.3 is 18.9 Å². The van der Waals surface area contributed by atoms with Gasteiger partial charge in [-0.2, -0.15) is 0 Å². The van der Waals surface area contributed by atoms with Crippen LogP contribution in [0.5, 0.6) is 0 Å². The fraction of sp³-hybridized carbons (Fsp3) is 0.939. The molecular weight excluding hydrogens is 655 g/mol. The molecule has 0 aliphatic heterocycles. The minimum absolute atomic E-state index is 0. The summed E-state index contributed by atoms with van der Waals surface area (Å²) in [5, 5.41) is 0. The monoisotopic (exact) mass is 720 g/mol. The van der Waals surface area contributed by atoms with Crippen molar-refractivity contribution in [1.82, 2.24) is 0 Å². The predicted molar refractivity (Wildman–Crippen MR) is 183 cm³/mol. The Labute approximate surface area is 273 Å². The van der Waals surface area contributed by atoms with Crippen LogP contribution in [0.4, 0.5) is 9.59 Å². The van der Waals surface area contributed by atoms with E-state index in [0.717, 1.165) is 25.7 Å². The molecule has 0 aliphatic rings. The van der Waals surface area contributed by atoms with Gasteiger partial charge in [0.25, 0.3) is 0 Å². The second-order valence-electron chi connectivity index (χ2n) is 10.5. The zero-order valence-corrected chi connectivity index (χ0v) is 28.9. The Hall–Kier alpha value is -0.440. The standard InChI is InChI=1S/C16H31ClO3.C16H31IO3.CH4/c2*1-2-3-4-5-6-7-8-9-10-11-12-13-14-19-16(18)20-15-17;/h2*2-15H2,1H3;1H4. The largest absolute Gasteiger partial charge is 0.509 e. The van der Waals surface area contributed by atoms with Gasteiger partial charge in [0, 0.05) is 0 Å². The third kappa shape index (κ3) is 44.1. The Morgan fingerprint density at radius 2 is 0.732 bits per heavy atom. The number of alkyl halides is 2. The summed E-state index contributed by atoms with van der Waals surface area (Å²) in [6, 6.07) is -0.142. The van der Waals surface area contributed by atoms with Gasteiger partial charge in [0.1, 0.15) is 4.61 Å². The van der Waals surface area contributed by atoms with Gasteiger partial charge in [-0.3, -0.25) is 0 Å². The number of hydrogen-bond donors (Lipinski definition) is 0. The summed E-state index contributed by atoms with van der Waals surface area (Å²) in [5.74, 6) is 0. The number of hydrogen-bond acceptors (Lipinski definition) is 6. The number of ether oxygens (including phenoxy) is 4. The highest BCUT2D eigenvalue weighted by molar-refractivity contribution is 14.1. The van der Waals surface area contributed by atoms with Crippen LogP contribution in [0.15, 0.2) is 0 Å². The highest BCUT2D eigenvalue weighted by Gasteiger charge is 2.02. The zero-order valence-electron chi connectivity index (χ0n) is 26.0. The van der Waals surface area contributed by atoms with Crippen molar-refractivity contribution in [3.05, 3.63) is 0 Å². The van der Waals surface area contributed by atoms with E-state index < -0.39 is 12.3 Å². The lowest BCUT2D eigenvalue weighted by molar-refractivity contribution is 0.0661. The Morgan fingerprint density at radius 3 is 1.00 bits per heavy atom. The summed E-state index contributed by atoms with van der Waals surface area (Å²) in [4.78, 5) is 21.7. The van der Waals surface area contributed by atoms with Crippen LogP contribution < -0.4 is 0 Å². The van der Waals surface area contributed by atoms with Crippen LogP contribution in [-0.4, -0.2) is 36.2 Å². The molecule has 0 rings (SSSR count). The van der Waals surface area contributed by atoms with Gasteiger partial charge in [-0.15, -0.1) is 0 Å². The molecule has 0 radical (unpaired) electrons. The van der Waals surface area contributed by atoms with Gasteiger partial charge in [-0.05, 0) is 35.4 Å². The molecule has 0 amide bonds. The SMILES string of the molecule is C.CCCCCCCCCCCCCCOC(=O)OCCl.CCCCCCCCCCCCCCOC(=O)OCI. The molecule has 0 aliphatic carbocycles. The molecular formula is C33H66ClIO6. The lowest BCUT2D eigenvalue weighted by atomic mass is 10.1. The molecule has 8 heteroatoms. The second kappa shape index (κ2) is 41.7. The van der Waals surface area contributed by atoms with E-state index in [-0.39, 0.29) is 13.5 Å². The lowest BCUT2D eigenvalue weighted by Gasteiger charge is -2.04. The van der Waals surface area contributed by atoms with Crippen LogP contribution in [0.2, 0.25) is 0 Å². The van der Waals surface area contributed by atoms with Crippen LogP contribution in [-0.2, 0) is 18.9 Å². The summed E-state index contributed by atoms with van der Waals surface area (Å²) in [7, 11) is 0. The molecule has 0 heterocycles. The molecule has 0 unspecified atom stereocenters. The molecule has 0 bridgehead atoms. The van der Waals surface area contributed by atoms with E-state index >= 15 is 0 Å². The van der Waals surface area contributed by atoms with Gasteiger partial charge in [0.05, 0.1) is 13.2 Å². The van der Waals surface area contributed by atoms with Gasteiger partial charge in [0.15, 0.2) is 6.07 Å². The third-order valence-electron chi connectivity index (χ3n) is 6.78. The van der Waals surface area contributed by atoms with E-state index in [1.807, 2.05) is 22.6 Å². The van der Waals surface area contributed by atoms with Gasteiger partial charge in [0.2, 0.25) is 0 Å². The minimum Gasteiger partial charge on any atom is -0.434 e. The number of unbranched alkanes of at least 4 members (excludes halogenated alkanes) is 22. The average molecular weight is 721 g/mol. The molecule has 41 heavy (non-hydrogen) atoms. The van der Waals surface area contributed by atoms with Gasteiger partial charge >= 0.3 is 12.3 Å². The van der Waals surface area contributed by atoms with Crippen LogP contribution in [0, 0.1) is 0 Å². The molecule has 0 spiro atoms. The topological polar surface area (TPSA) is 71.1 Å². The van der Waals surface area contributed by atoms with E-state index in [0.29, 0.717) is 17.8 Å². The molecule has 0 aromatic heterocycles. The molecule has 0 saturated carbocycles. The summed E-state index contributed by atoms with van der Waals surface area (Å²) >= 11 is 7.21. The Kier molecular flexibility index (Phi) is 45.8. The van der Waals surface area contributed by atoms with Crippen molar-refractivity contribution in [3.8, 4) is 0 Å². The Balaban J connectivity index is -0.000000688. The maximum Gasteiger partial charge on any atom is 0.509 e. The highest BCUT2D eigenvalue weighted by atomic mass is 127. The Morgan fingerprint density at radius 1 is 0.463 bits per heavy atom. The summed E-state index contributed by atoms with van der Waals surface area (Å²) in [6.45, 7) is 5.45. The normalized spacial score (nSPS) is 10.2. The molecule has 0 aromatic rings. The fourth-order valence-electron chi connectivity index (χ4n) is 4.37. The maximum absolute atomic E-state index is 10.9. The van der Waals surface area contributed by atoms with E-state index in [2.05, 4.69) is 23.3 Å². The first-order chi connectivity index (χ1) is 19.6. The molecule has 0 saturated heterocycles. The van der Waals surface area contributed by atoms with Crippen molar-refractivity contribution in [3.63, 3.8) is 0 Å². The summed E-state index contributed by atoms with van der Waals surface area (Å²) < 4.78 is 19.2. The van der Waals surface area contributed by atoms with Crippen molar-refractivity contribution in [2.45, 2.75) is 175 Å². The molecule has 248 valence electrons. The first-order valence-electron chi connectivity index (χ1n) is 16.3. The first kappa shape index (κ1) is 45.0. The van der Waals surface area contributed by atoms with Gasteiger partial charge in [-0.25, -0.2) is 9.59 Å². The average Bonchev–Trinajstić information content (AvgIpc) is 2.94. The van der Waals surface area contributed by atoms with Crippen molar-refractivity contribution < 1.29 is 28.5 Å². The Bertz CT molecular complexity index is 466. The number of carbonyl (C=O) groups excluding carboxylic acids is 2. The van der Waals surface area contributed by atoms with E-state index in [1.54, 1.807) is 0 Å². The number of rotatable bonds is 28. The van der Waals surface area contributed by atoms with E-state index in [9.17, 15) is 9.59 Å². The zero-order chi connectivity index (χ0) is 29.8.